The maximum absolute atomic E-state index is 12.4. The summed E-state index contributed by atoms with van der Waals surface area (Å²) in [5, 5.41) is 2.72. The molecule has 0 aliphatic carbocycles. The third kappa shape index (κ3) is 3.27. The van der Waals surface area contributed by atoms with Crippen LogP contribution in [0.15, 0.2) is 30.3 Å². The van der Waals surface area contributed by atoms with Crippen molar-refractivity contribution >= 4 is 23.5 Å². The smallest absolute Gasteiger partial charge is 0.332 e. The summed E-state index contributed by atoms with van der Waals surface area (Å²) in [5.74, 6) is -0.656. The Hall–Kier alpha value is -2.37. The summed E-state index contributed by atoms with van der Waals surface area (Å²) in [7, 11) is 0. The molecule has 1 aliphatic rings. The number of carbonyl (C=O) groups is 3. The second kappa shape index (κ2) is 7.06. The molecule has 1 unspecified atom stereocenters. The number of hydrogen-bond acceptors (Lipinski definition) is 3. The van der Waals surface area contributed by atoms with Gasteiger partial charge in [-0.2, -0.15) is 0 Å². The van der Waals surface area contributed by atoms with Crippen molar-refractivity contribution in [1.29, 1.82) is 0 Å². The van der Waals surface area contributed by atoms with Gasteiger partial charge in [0.2, 0.25) is 5.91 Å². The van der Waals surface area contributed by atoms with Crippen molar-refractivity contribution in [3.8, 4) is 0 Å². The third-order valence-corrected chi connectivity index (χ3v) is 3.64. The van der Waals surface area contributed by atoms with E-state index in [1.807, 2.05) is 13.0 Å². The van der Waals surface area contributed by atoms with Crippen molar-refractivity contribution in [2.75, 3.05) is 18.0 Å². The molecule has 6 nitrogen and oxygen atoms in total. The quantitative estimate of drug-likeness (QED) is 0.643. The fourth-order valence-electron chi connectivity index (χ4n) is 2.40. The van der Waals surface area contributed by atoms with Crippen LogP contribution in [-0.2, 0) is 9.59 Å². The van der Waals surface area contributed by atoms with Crippen LogP contribution < -0.4 is 10.2 Å². The lowest BCUT2D eigenvalue weighted by atomic mass is 10.2. The lowest BCUT2D eigenvalue weighted by Gasteiger charge is -2.19. The molecule has 0 radical (unpaired) electrons. The zero-order chi connectivity index (χ0) is 16.1. The van der Waals surface area contributed by atoms with Crippen LogP contribution in [0.2, 0.25) is 0 Å². The van der Waals surface area contributed by atoms with Crippen molar-refractivity contribution in [1.82, 2.24) is 10.2 Å². The van der Waals surface area contributed by atoms with E-state index in [2.05, 4.69) is 5.32 Å². The topological polar surface area (TPSA) is 69.7 Å². The average Bonchev–Trinajstić information content (AvgIpc) is 2.72. The van der Waals surface area contributed by atoms with Crippen molar-refractivity contribution in [3.63, 3.8) is 0 Å². The summed E-state index contributed by atoms with van der Waals surface area (Å²) >= 11 is 0. The Balaban J connectivity index is 2.06. The molecule has 0 bridgehead atoms. The minimum absolute atomic E-state index is 0.227. The van der Waals surface area contributed by atoms with Gasteiger partial charge in [0.15, 0.2) is 0 Å². The highest BCUT2D eigenvalue weighted by Gasteiger charge is 2.43. The highest BCUT2D eigenvalue weighted by atomic mass is 16.2. The van der Waals surface area contributed by atoms with Crippen LogP contribution in [0, 0.1) is 0 Å². The zero-order valence-corrected chi connectivity index (χ0v) is 12.9. The zero-order valence-electron chi connectivity index (χ0n) is 12.9. The first kappa shape index (κ1) is 16.0. The number of rotatable bonds is 6. The highest BCUT2D eigenvalue weighted by molar-refractivity contribution is 6.15. The molecule has 6 heteroatoms. The van der Waals surface area contributed by atoms with Gasteiger partial charge in [-0.1, -0.05) is 31.5 Å². The molecule has 0 spiro atoms. The largest absolute Gasteiger partial charge is 0.355 e. The number of imide groups is 1. The molecule has 22 heavy (non-hydrogen) atoms. The van der Waals surface area contributed by atoms with Crippen molar-refractivity contribution < 1.29 is 14.4 Å². The molecule has 0 aromatic heterocycles. The van der Waals surface area contributed by atoms with Gasteiger partial charge in [0, 0.05) is 12.2 Å². The second-order valence-corrected chi connectivity index (χ2v) is 5.29. The first-order valence-electron chi connectivity index (χ1n) is 7.52. The minimum atomic E-state index is -0.599. The fourth-order valence-corrected chi connectivity index (χ4v) is 2.40. The lowest BCUT2D eigenvalue weighted by molar-refractivity contribution is -0.131. The number of anilines is 1. The van der Waals surface area contributed by atoms with E-state index >= 15 is 0 Å². The first-order valence-corrected chi connectivity index (χ1v) is 7.52. The SMILES string of the molecule is CCCCNC(=O)CN1C(=O)C(C)N(c2ccccc2)C1=O. The van der Waals surface area contributed by atoms with E-state index < -0.39 is 12.1 Å². The molecule has 1 aromatic rings. The summed E-state index contributed by atoms with van der Waals surface area (Å²) in [5.41, 5.74) is 0.655. The van der Waals surface area contributed by atoms with Crippen LogP contribution in [0.25, 0.3) is 0 Å². The van der Waals surface area contributed by atoms with Gasteiger partial charge in [0.25, 0.3) is 5.91 Å². The van der Waals surface area contributed by atoms with E-state index in [0.29, 0.717) is 12.2 Å². The van der Waals surface area contributed by atoms with Crippen LogP contribution in [0.4, 0.5) is 10.5 Å². The van der Waals surface area contributed by atoms with Gasteiger partial charge in [-0.25, -0.2) is 4.79 Å². The van der Waals surface area contributed by atoms with Crippen LogP contribution >= 0.6 is 0 Å². The average molecular weight is 303 g/mol. The Morgan fingerprint density at radius 3 is 2.55 bits per heavy atom. The Morgan fingerprint density at radius 2 is 1.91 bits per heavy atom. The Labute approximate surface area is 130 Å². The number of nitrogens with zero attached hydrogens (tertiary/aromatic N) is 2. The summed E-state index contributed by atoms with van der Waals surface area (Å²) in [6, 6.07) is 7.95. The monoisotopic (exact) mass is 303 g/mol. The fraction of sp³-hybridized carbons (Fsp3) is 0.438. The van der Waals surface area contributed by atoms with Crippen molar-refractivity contribution in [2.45, 2.75) is 32.7 Å². The minimum Gasteiger partial charge on any atom is -0.355 e. The lowest BCUT2D eigenvalue weighted by Crippen LogP contribution is -2.41. The van der Waals surface area contributed by atoms with Crippen LogP contribution in [-0.4, -0.2) is 41.9 Å². The molecule has 1 fully saturated rings. The van der Waals surface area contributed by atoms with E-state index in [1.165, 1.54) is 4.90 Å². The summed E-state index contributed by atoms with van der Waals surface area (Å²) < 4.78 is 0. The van der Waals surface area contributed by atoms with Gasteiger partial charge < -0.3 is 5.32 Å². The highest BCUT2D eigenvalue weighted by Crippen LogP contribution is 2.25. The number of urea groups is 1. The van der Waals surface area contributed by atoms with E-state index in [-0.39, 0.29) is 18.4 Å². The Kier molecular flexibility index (Phi) is 5.14. The first-order chi connectivity index (χ1) is 10.6. The summed E-state index contributed by atoms with van der Waals surface area (Å²) in [6.07, 6.45) is 1.85. The predicted octanol–water partition coefficient (Wildman–Crippen LogP) is 1.76. The molecule has 1 saturated heterocycles. The number of hydrogen-bond donors (Lipinski definition) is 1. The van der Waals surface area contributed by atoms with Crippen LogP contribution in [0.5, 0.6) is 0 Å². The standard InChI is InChI=1S/C16H21N3O3/c1-3-4-10-17-14(20)11-18-15(21)12(2)19(16(18)22)13-8-6-5-7-9-13/h5-9,12H,3-4,10-11H2,1-2H3,(H,17,20). The van der Waals surface area contributed by atoms with Crippen LogP contribution in [0.3, 0.4) is 0 Å². The van der Waals surface area contributed by atoms with Crippen molar-refractivity contribution in [3.05, 3.63) is 30.3 Å². The molecule has 0 saturated carbocycles. The molecular formula is C16H21N3O3. The molecule has 118 valence electrons. The normalized spacial score (nSPS) is 18.0. The van der Waals surface area contributed by atoms with E-state index in [0.717, 1.165) is 17.7 Å². The van der Waals surface area contributed by atoms with E-state index in [1.54, 1.807) is 31.2 Å². The van der Waals surface area contributed by atoms with Gasteiger partial charge in [-0.15, -0.1) is 0 Å². The second-order valence-electron chi connectivity index (χ2n) is 5.29. The number of nitrogens with one attached hydrogen (secondary N) is 1. The number of benzene rings is 1. The molecule has 1 atom stereocenters. The third-order valence-electron chi connectivity index (χ3n) is 3.64. The number of unbranched alkanes of at least 4 members (excludes halogenated alkanes) is 1. The van der Waals surface area contributed by atoms with Gasteiger partial charge in [-0.05, 0) is 25.5 Å². The summed E-state index contributed by atoms with van der Waals surface area (Å²) in [4.78, 5) is 39.0. The van der Waals surface area contributed by atoms with Crippen molar-refractivity contribution in [2.24, 2.45) is 0 Å². The van der Waals surface area contributed by atoms with Gasteiger partial charge >= 0.3 is 6.03 Å². The Morgan fingerprint density at radius 1 is 1.23 bits per heavy atom. The number of para-hydroxylation sites is 1. The number of amides is 4. The maximum Gasteiger partial charge on any atom is 0.332 e. The maximum atomic E-state index is 12.4. The predicted molar refractivity (Wildman–Crippen MR) is 83.4 cm³/mol. The van der Waals surface area contributed by atoms with Gasteiger partial charge in [0.1, 0.15) is 12.6 Å². The molecule has 1 heterocycles. The summed E-state index contributed by atoms with van der Waals surface area (Å²) in [6.45, 7) is 4.03. The van der Waals surface area contributed by atoms with E-state index in [9.17, 15) is 14.4 Å². The van der Waals surface area contributed by atoms with Gasteiger partial charge in [-0.3, -0.25) is 19.4 Å². The number of carbonyl (C=O) groups excluding carboxylic acids is 3. The molecule has 2 rings (SSSR count). The molecule has 1 aromatic carbocycles. The molecular weight excluding hydrogens is 282 g/mol. The van der Waals surface area contributed by atoms with Gasteiger partial charge in [0.05, 0.1) is 0 Å². The molecule has 1 N–H and O–H groups in total. The van der Waals surface area contributed by atoms with E-state index in [4.69, 9.17) is 0 Å². The molecule has 1 aliphatic heterocycles. The van der Waals surface area contributed by atoms with Crippen LogP contribution in [0.1, 0.15) is 26.7 Å². The Bertz CT molecular complexity index is 559. The molecule has 4 amide bonds.